The number of fused-ring (bicyclic) bond motifs is 1. The first kappa shape index (κ1) is 11.2. The molecule has 0 heterocycles. The van der Waals surface area contributed by atoms with Crippen LogP contribution in [0.4, 0.5) is 0 Å². The van der Waals surface area contributed by atoms with Crippen LogP contribution in [0.5, 0.6) is 0 Å². The molecule has 0 amide bonds. The van der Waals surface area contributed by atoms with Crippen molar-refractivity contribution in [2.24, 2.45) is 0 Å². The highest BCUT2D eigenvalue weighted by Gasteiger charge is 2.20. The van der Waals surface area contributed by atoms with Crippen LogP contribution in [0.3, 0.4) is 0 Å². The normalized spacial score (nSPS) is 20.4. The minimum atomic E-state index is 0.582. The van der Waals surface area contributed by atoms with Gasteiger partial charge in [-0.2, -0.15) is 0 Å². The average Bonchev–Trinajstić information content (AvgIpc) is 2.18. The summed E-state index contributed by atoms with van der Waals surface area (Å²) in [6.45, 7) is 4.44. The maximum Gasteiger partial charge on any atom is 0.0210 e. The van der Waals surface area contributed by atoms with Crippen molar-refractivity contribution in [3.05, 3.63) is 33.8 Å². The molecule has 1 nitrogen and oxygen atoms in total. The summed E-state index contributed by atoms with van der Waals surface area (Å²) in [7, 11) is 0. The number of hydrogen-bond donors (Lipinski definition) is 1. The molecular weight excluding hydrogens is 250 g/mol. The molecule has 0 radical (unpaired) electrons. The van der Waals surface area contributed by atoms with Gasteiger partial charge >= 0.3 is 0 Å². The molecule has 0 fully saturated rings. The lowest BCUT2D eigenvalue weighted by molar-refractivity contribution is 0.421. The minimum absolute atomic E-state index is 0.582. The van der Waals surface area contributed by atoms with Crippen molar-refractivity contribution in [3.8, 4) is 0 Å². The van der Waals surface area contributed by atoms with Crippen LogP contribution < -0.4 is 5.32 Å². The van der Waals surface area contributed by atoms with Gasteiger partial charge in [0.15, 0.2) is 0 Å². The predicted molar refractivity (Wildman–Crippen MR) is 68.2 cm³/mol. The van der Waals surface area contributed by atoms with Crippen molar-refractivity contribution >= 4 is 15.9 Å². The van der Waals surface area contributed by atoms with Gasteiger partial charge in [0.05, 0.1) is 0 Å². The quantitative estimate of drug-likeness (QED) is 0.867. The molecular formula is C13H18BrN. The van der Waals surface area contributed by atoms with Crippen molar-refractivity contribution in [3.63, 3.8) is 0 Å². The van der Waals surface area contributed by atoms with Crippen molar-refractivity contribution in [2.75, 3.05) is 0 Å². The standard InChI is InChI=1S/C13H18BrN/c1-9(2)15-11-7-6-10-4-3-5-13(14)12(10)8-11/h3-5,9,11,15H,6-8H2,1-2H3. The summed E-state index contributed by atoms with van der Waals surface area (Å²) in [5, 5.41) is 3.63. The zero-order valence-electron chi connectivity index (χ0n) is 9.39. The maximum atomic E-state index is 3.65. The Hall–Kier alpha value is -0.340. The van der Waals surface area contributed by atoms with E-state index < -0.39 is 0 Å². The third kappa shape index (κ3) is 2.61. The van der Waals surface area contributed by atoms with Gasteiger partial charge < -0.3 is 5.32 Å². The fraction of sp³-hybridized carbons (Fsp3) is 0.538. The lowest BCUT2D eigenvalue weighted by Gasteiger charge is -2.28. The Morgan fingerprint density at radius 1 is 1.40 bits per heavy atom. The van der Waals surface area contributed by atoms with E-state index in [-0.39, 0.29) is 0 Å². The number of aryl methyl sites for hydroxylation is 1. The SMILES string of the molecule is CC(C)NC1CCc2cccc(Br)c2C1. The number of rotatable bonds is 2. The van der Waals surface area contributed by atoms with Gasteiger partial charge in [0, 0.05) is 16.6 Å². The van der Waals surface area contributed by atoms with Gasteiger partial charge in [0.1, 0.15) is 0 Å². The Labute approximate surface area is 100 Å². The molecule has 2 rings (SSSR count). The Morgan fingerprint density at radius 2 is 2.20 bits per heavy atom. The molecule has 82 valence electrons. The van der Waals surface area contributed by atoms with E-state index in [1.165, 1.54) is 28.4 Å². The Balaban J connectivity index is 2.15. The molecule has 0 saturated heterocycles. The molecule has 1 unspecified atom stereocenters. The van der Waals surface area contributed by atoms with Gasteiger partial charge in [-0.05, 0) is 36.5 Å². The fourth-order valence-corrected chi connectivity index (χ4v) is 2.93. The molecule has 0 spiro atoms. The second kappa shape index (κ2) is 4.67. The van der Waals surface area contributed by atoms with Gasteiger partial charge in [-0.3, -0.25) is 0 Å². The van der Waals surface area contributed by atoms with Crippen LogP contribution in [0.25, 0.3) is 0 Å². The largest absolute Gasteiger partial charge is 0.311 e. The highest BCUT2D eigenvalue weighted by atomic mass is 79.9. The Kier molecular flexibility index (Phi) is 3.47. The molecule has 0 aliphatic heterocycles. The monoisotopic (exact) mass is 267 g/mol. The van der Waals surface area contributed by atoms with E-state index >= 15 is 0 Å². The summed E-state index contributed by atoms with van der Waals surface area (Å²) in [6, 6.07) is 7.77. The molecule has 0 bridgehead atoms. The zero-order chi connectivity index (χ0) is 10.8. The molecule has 1 aromatic carbocycles. The van der Waals surface area contributed by atoms with Crippen LogP contribution in [0, 0.1) is 0 Å². The number of nitrogens with one attached hydrogen (secondary N) is 1. The number of hydrogen-bond acceptors (Lipinski definition) is 1. The third-order valence-corrected chi connectivity index (χ3v) is 3.74. The first-order chi connectivity index (χ1) is 7.16. The smallest absolute Gasteiger partial charge is 0.0210 e. The lowest BCUT2D eigenvalue weighted by atomic mass is 9.88. The zero-order valence-corrected chi connectivity index (χ0v) is 11.0. The van der Waals surface area contributed by atoms with E-state index in [1.807, 2.05) is 0 Å². The Morgan fingerprint density at radius 3 is 2.93 bits per heavy atom. The van der Waals surface area contributed by atoms with Gasteiger partial charge in [-0.15, -0.1) is 0 Å². The van der Waals surface area contributed by atoms with E-state index in [0.717, 1.165) is 6.42 Å². The van der Waals surface area contributed by atoms with Crippen LogP contribution in [0.15, 0.2) is 22.7 Å². The molecule has 1 aliphatic rings. The van der Waals surface area contributed by atoms with Gasteiger partial charge in [-0.1, -0.05) is 41.9 Å². The van der Waals surface area contributed by atoms with Crippen molar-refractivity contribution < 1.29 is 0 Å². The first-order valence-corrected chi connectivity index (χ1v) is 6.48. The van der Waals surface area contributed by atoms with Crippen LogP contribution in [-0.4, -0.2) is 12.1 Å². The summed E-state index contributed by atoms with van der Waals surface area (Å²) in [5.74, 6) is 0. The first-order valence-electron chi connectivity index (χ1n) is 5.69. The van der Waals surface area contributed by atoms with Gasteiger partial charge in [0.25, 0.3) is 0 Å². The van der Waals surface area contributed by atoms with E-state index in [1.54, 1.807) is 0 Å². The molecule has 0 aromatic heterocycles. The number of benzene rings is 1. The van der Waals surface area contributed by atoms with Crippen molar-refractivity contribution in [1.82, 2.24) is 5.32 Å². The summed E-state index contributed by atoms with van der Waals surface area (Å²) in [4.78, 5) is 0. The fourth-order valence-electron chi connectivity index (χ4n) is 2.36. The Bertz CT molecular complexity index is 346. The number of halogens is 1. The summed E-state index contributed by atoms with van der Waals surface area (Å²) in [6.07, 6.45) is 3.63. The minimum Gasteiger partial charge on any atom is -0.311 e. The van der Waals surface area contributed by atoms with Crippen molar-refractivity contribution in [2.45, 2.75) is 45.2 Å². The van der Waals surface area contributed by atoms with E-state index in [4.69, 9.17) is 0 Å². The topological polar surface area (TPSA) is 12.0 Å². The molecule has 1 atom stereocenters. The average molecular weight is 268 g/mol. The lowest BCUT2D eigenvalue weighted by Crippen LogP contribution is -2.38. The van der Waals surface area contributed by atoms with E-state index in [9.17, 15) is 0 Å². The molecule has 1 N–H and O–H groups in total. The van der Waals surface area contributed by atoms with Gasteiger partial charge in [0.2, 0.25) is 0 Å². The van der Waals surface area contributed by atoms with Crippen molar-refractivity contribution in [1.29, 1.82) is 0 Å². The van der Waals surface area contributed by atoms with E-state index in [2.05, 4.69) is 53.3 Å². The summed E-state index contributed by atoms with van der Waals surface area (Å²) >= 11 is 3.65. The predicted octanol–water partition coefficient (Wildman–Crippen LogP) is 3.30. The van der Waals surface area contributed by atoms with Crippen LogP contribution in [0.1, 0.15) is 31.4 Å². The van der Waals surface area contributed by atoms with Gasteiger partial charge in [-0.25, -0.2) is 0 Å². The molecule has 15 heavy (non-hydrogen) atoms. The highest BCUT2D eigenvalue weighted by molar-refractivity contribution is 9.10. The molecule has 1 aliphatic carbocycles. The van der Waals surface area contributed by atoms with Crippen LogP contribution >= 0.6 is 15.9 Å². The third-order valence-electron chi connectivity index (χ3n) is 3.00. The second-order valence-electron chi connectivity index (χ2n) is 4.64. The summed E-state index contributed by atoms with van der Waals surface area (Å²) in [5.41, 5.74) is 3.02. The molecule has 1 aromatic rings. The van der Waals surface area contributed by atoms with Crippen LogP contribution in [-0.2, 0) is 12.8 Å². The maximum absolute atomic E-state index is 3.65. The molecule has 2 heteroatoms. The highest BCUT2D eigenvalue weighted by Crippen LogP contribution is 2.28. The summed E-state index contributed by atoms with van der Waals surface area (Å²) < 4.78 is 1.27. The van der Waals surface area contributed by atoms with Crippen LogP contribution in [0.2, 0.25) is 0 Å². The molecule has 0 saturated carbocycles. The van der Waals surface area contributed by atoms with E-state index in [0.29, 0.717) is 12.1 Å². The second-order valence-corrected chi connectivity index (χ2v) is 5.49.